The number of hydrogen-bond donors (Lipinski definition) is 2. The average Bonchev–Trinajstić information content (AvgIpc) is 3.56. The Morgan fingerprint density at radius 2 is 1.85 bits per heavy atom. The number of carbonyl (C=O) groups excluding carboxylic acids is 4. The number of methoxy groups -OCH3 is 1. The van der Waals surface area contributed by atoms with Gasteiger partial charge in [0, 0.05) is 67.8 Å². The molecule has 330 valence electrons. The summed E-state index contributed by atoms with van der Waals surface area (Å²) in [7, 11) is 1.70. The zero-order valence-corrected chi connectivity index (χ0v) is 37.2. The molecule has 2 unspecified atom stereocenters. The van der Waals surface area contributed by atoms with Gasteiger partial charge in [-0.1, -0.05) is 64.6 Å². The Balaban J connectivity index is 1.27. The first-order chi connectivity index (χ1) is 29.7. The minimum Gasteiger partial charge on any atom is -0.464 e. The number of hydrazine groups is 1. The molecule has 2 fully saturated rings. The maximum absolute atomic E-state index is 14.5. The van der Waals surface area contributed by atoms with E-state index in [0.717, 1.165) is 56.7 Å². The molecule has 3 amide bonds. The fourth-order valence-electron chi connectivity index (χ4n) is 8.93. The quantitative estimate of drug-likeness (QED) is 0.129. The second-order valence-corrected chi connectivity index (χ2v) is 18.1. The SMILES string of the molecule is C=CC(=O)N1CC(OCC(C(=O)N[C@H]2Cc3cccc(c3)-c3ccc4c(c3)c(c(-c3cccnc3C(C)OC)n4CC)CC(C)(C)COC(=O)[C@@H]3CCCN(N3)C2=O)C(C)C)C1. The maximum atomic E-state index is 14.5. The third-order valence-electron chi connectivity index (χ3n) is 12.6. The predicted molar refractivity (Wildman–Crippen MR) is 238 cm³/mol. The number of pyridine rings is 1. The molecule has 0 spiro atoms. The van der Waals surface area contributed by atoms with Crippen LogP contribution in [0.5, 0.6) is 0 Å². The second kappa shape index (κ2) is 18.9. The number of rotatable bonds is 11. The Morgan fingerprint density at radius 3 is 2.58 bits per heavy atom. The summed E-state index contributed by atoms with van der Waals surface area (Å²) in [6, 6.07) is 17.1. The van der Waals surface area contributed by atoms with Crippen LogP contribution in [0.4, 0.5) is 0 Å². The number of aromatic nitrogens is 2. The van der Waals surface area contributed by atoms with E-state index in [0.29, 0.717) is 38.9 Å². The van der Waals surface area contributed by atoms with Gasteiger partial charge in [-0.05, 0) is 91.6 Å². The van der Waals surface area contributed by atoms with Crippen molar-refractivity contribution in [3.05, 3.63) is 90.3 Å². The number of likely N-dealkylation sites (tertiary alicyclic amines) is 1. The van der Waals surface area contributed by atoms with Gasteiger partial charge in [0.1, 0.15) is 12.1 Å². The minimum atomic E-state index is -0.943. The summed E-state index contributed by atoms with van der Waals surface area (Å²) in [4.78, 5) is 61.0. The van der Waals surface area contributed by atoms with Crippen molar-refractivity contribution in [3.8, 4) is 22.4 Å². The van der Waals surface area contributed by atoms with Crippen LogP contribution in [-0.4, -0.2) is 101 Å². The van der Waals surface area contributed by atoms with Crippen LogP contribution in [0.2, 0.25) is 0 Å². The first-order valence-corrected chi connectivity index (χ1v) is 22.0. The number of cyclic esters (lactones) is 1. The number of fused-ring (bicyclic) bond motifs is 6. The molecule has 4 atom stereocenters. The van der Waals surface area contributed by atoms with Crippen molar-refractivity contribution in [2.45, 2.75) is 98.1 Å². The lowest BCUT2D eigenvalue weighted by Gasteiger charge is -2.39. The van der Waals surface area contributed by atoms with Crippen LogP contribution in [0.25, 0.3) is 33.3 Å². The molecule has 3 aliphatic heterocycles. The molecule has 0 saturated carbocycles. The van der Waals surface area contributed by atoms with Gasteiger partial charge in [-0.3, -0.25) is 29.2 Å². The normalized spacial score (nSPS) is 20.6. The fraction of sp³-hybridized carbons (Fsp3) is 0.490. The average molecular weight is 847 g/mol. The lowest BCUT2D eigenvalue weighted by molar-refractivity contribution is -0.155. The molecule has 4 aromatic rings. The van der Waals surface area contributed by atoms with E-state index in [1.165, 1.54) is 11.1 Å². The zero-order chi connectivity index (χ0) is 44.3. The van der Waals surface area contributed by atoms with Crippen molar-refractivity contribution in [1.82, 2.24) is 30.2 Å². The molecule has 62 heavy (non-hydrogen) atoms. The van der Waals surface area contributed by atoms with Gasteiger partial charge in [0.25, 0.3) is 5.91 Å². The van der Waals surface area contributed by atoms with E-state index in [1.54, 1.807) is 18.2 Å². The second-order valence-electron chi connectivity index (χ2n) is 18.1. The van der Waals surface area contributed by atoms with E-state index < -0.39 is 29.4 Å². The van der Waals surface area contributed by atoms with Crippen molar-refractivity contribution >= 4 is 34.6 Å². The molecular weight excluding hydrogens is 785 g/mol. The van der Waals surface area contributed by atoms with Gasteiger partial charge in [-0.2, -0.15) is 0 Å². The molecule has 3 aliphatic rings. The highest BCUT2D eigenvalue weighted by atomic mass is 16.5. The molecule has 5 heterocycles. The van der Waals surface area contributed by atoms with Crippen LogP contribution >= 0.6 is 0 Å². The Morgan fingerprint density at radius 1 is 1.08 bits per heavy atom. The molecule has 6 bridgehead atoms. The third-order valence-corrected chi connectivity index (χ3v) is 12.6. The number of carbonyl (C=O) groups is 4. The smallest absolute Gasteiger partial charge is 0.324 e. The van der Waals surface area contributed by atoms with Gasteiger partial charge >= 0.3 is 5.97 Å². The van der Waals surface area contributed by atoms with Crippen molar-refractivity contribution < 1.29 is 33.4 Å². The molecular formula is C49H62N6O7. The molecule has 13 nitrogen and oxygen atoms in total. The van der Waals surface area contributed by atoms with Crippen LogP contribution in [0.1, 0.15) is 77.3 Å². The van der Waals surface area contributed by atoms with Gasteiger partial charge in [0.05, 0.1) is 42.7 Å². The number of nitrogens with zero attached hydrogens (tertiary/aromatic N) is 4. The highest BCUT2D eigenvalue weighted by molar-refractivity contribution is 5.95. The molecule has 13 heteroatoms. The highest BCUT2D eigenvalue weighted by Crippen LogP contribution is 2.42. The summed E-state index contributed by atoms with van der Waals surface area (Å²) in [6.45, 7) is 18.1. The first kappa shape index (κ1) is 44.7. The number of esters is 1. The maximum Gasteiger partial charge on any atom is 0.324 e. The molecule has 2 N–H and O–H groups in total. The zero-order valence-electron chi connectivity index (χ0n) is 37.2. The summed E-state index contributed by atoms with van der Waals surface area (Å²) in [5.74, 6) is -1.84. The number of benzene rings is 2. The molecule has 2 aromatic heterocycles. The molecule has 2 saturated heterocycles. The van der Waals surface area contributed by atoms with E-state index >= 15 is 0 Å². The Kier molecular flexibility index (Phi) is 13.6. The van der Waals surface area contributed by atoms with E-state index in [-0.39, 0.29) is 55.5 Å². The van der Waals surface area contributed by atoms with E-state index in [9.17, 15) is 19.2 Å². The van der Waals surface area contributed by atoms with Crippen LogP contribution in [0.15, 0.2) is 73.4 Å². The summed E-state index contributed by atoms with van der Waals surface area (Å²) in [6.07, 6.45) is 4.59. The van der Waals surface area contributed by atoms with Crippen molar-refractivity contribution in [3.63, 3.8) is 0 Å². The van der Waals surface area contributed by atoms with Gasteiger partial charge in [-0.25, -0.2) is 5.43 Å². The Labute approximate surface area is 365 Å². The van der Waals surface area contributed by atoms with Gasteiger partial charge in [0.2, 0.25) is 11.8 Å². The summed E-state index contributed by atoms with van der Waals surface area (Å²) >= 11 is 0. The van der Waals surface area contributed by atoms with E-state index in [1.807, 2.05) is 39.0 Å². The first-order valence-electron chi connectivity index (χ1n) is 22.0. The Hall–Kier alpha value is -5.37. The number of ether oxygens (including phenoxy) is 3. The summed E-state index contributed by atoms with van der Waals surface area (Å²) in [5.41, 5.74) is 10.7. The summed E-state index contributed by atoms with van der Waals surface area (Å²) in [5, 5.41) is 5.68. The van der Waals surface area contributed by atoms with Crippen molar-refractivity contribution in [2.24, 2.45) is 17.3 Å². The van der Waals surface area contributed by atoms with E-state index in [4.69, 9.17) is 19.2 Å². The molecule has 2 aromatic carbocycles. The monoisotopic (exact) mass is 846 g/mol. The van der Waals surface area contributed by atoms with Crippen molar-refractivity contribution in [1.29, 1.82) is 0 Å². The fourth-order valence-corrected chi connectivity index (χ4v) is 8.93. The van der Waals surface area contributed by atoms with Crippen LogP contribution in [0.3, 0.4) is 0 Å². The predicted octanol–water partition coefficient (Wildman–Crippen LogP) is 6.43. The number of amides is 3. The molecule has 0 radical (unpaired) electrons. The topological polar surface area (TPSA) is 144 Å². The number of nitrogens with one attached hydrogen (secondary N) is 2. The number of hydrogen-bond acceptors (Lipinski definition) is 9. The van der Waals surface area contributed by atoms with Gasteiger partial charge in [-0.15, -0.1) is 0 Å². The van der Waals surface area contributed by atoms with Crippen LogP contribution in [0, 0.1) is 17.3 Å². The van der Waals surface area contributed by atoms with Crippen molar-refractivity contribution in [2.75, 3.05) is 40.0 Å². The van der Waals surface area contributed by atoms with Crippen LogP contribution < -0.4 is 10.7 Å². The highest BCUT2D eigenvalue weighted by Gasteiger charge is 2.37. The number of aryl methyl sites for hydroxylation is 1. The van der Waals surface area contributed by atoms with Gasteiger partial charge in [0.15, 0.2) is 0 Å². The standard InChI is InChI=1S/C49H62N6O7/c1-9-43(56)53-26-35(27-53)61-28-39(30(3)4)46(57)51-41-23-32-14-11-15-33(22-32)34-18-19-42-37(24-34)38(45(54(42)10-2)36-16-12-20-50-44(36)31(5)60-8)25-49(6,7)29-62-48(59)40-17-13-21-55(52-40)47(41)58/h9,11-12,14-16,18-20,22,24,30-31,35,39-41,52H,1,10,13,17,21,23,25-29H2,2-8H3,(H,51,57)/t31?,39?,40-,41-/m0/s1. The molecule has 0 aliphatic carbocycles. The lowest BCUT2D eigenvalue weighted by Crippen LogP contribution is -2.61. The lowest BCUT2D eigenvalue weighted by atomic mass is 9.84. The Bertz CT molecular complexity index is 2310. The molecule has 7 rings (SSSR count). The van der Waals surface area contributed by atoms with Crippen LogP contribution in [-0.2, 0) is 52.8 Å². The van der Waals surface area contributed by atoms with E-state index in [2.05, 4.69) is 79.1 Å². The van der Waals surface area contributed by atoms with Gasteiger partial charge < -0.3 is 29.0 Å². The minimum absolute atomic E-state index is 0.0915. The largest absolute Gasteiger partial charge is 0.464 e. The third kappa shape index (κ3) is 9.50. The summed E-state index contributed by atoms with van der Waals surface area (Å²) < 4.78 is 20.4.